The van der Waals surface area contributed by atoms with Gasteiger partial charge in [-0.1, -0.05) is 0 Å². The van der Waals surface area contributed by atoms with Crippen molar-refractivity contribution in [3.63, 3.8) is 0 Å². The van der Waals surface area contributed by atoms with E-state index >= 15 is 0 Å². The molecule has 0 atom stereocenters. The standard InChI is InChI=1S/C23H25N2O3/c1-3-28-20-12-8-18(9-13-20)22(26)16-24-15-21(25-14-4-5-23(24)25)17-6-10-19(27-2)11-7-17/h6-13,15H,3-5,14,16H2,1-2H3/q+1. The zero-order chi connectivity index (χ0) is 19.5. The van der Waals surface area contributed by atoms with Gasteiger partial charge in [0, 0.05) is 11.1 Å². The molecule has 2 heterocycles. The molecule has 1 aliphatic rings. The predicted molar refractivity (Wildman–Crippen MR) is 107 cm³/mol. The van der Waals surface area contributed by atoms with Crippen LogP contribution >= 0.6 is 0 Å². The Labute approximate surface area is 165 Å². The van der Waals surface area contributed by atoms with Crippen molar-refractivity contribution in [2.75, 3.05) is 13.7 Å². The van der Waals surface area contributed by atoms with E-state index in [0.717, 1.165) is 42.1 Å². The Kier molecular flexibility index (Phi) is 5.15. The van der Waals surface area contributed by atoms with E-state index < -0.39 is 0 Å². The highest BCUT2D eigenvalue weighted by Gasteiger charge is 2.29. The highest BCUT2D eigenvalue weighted by Crippen LogP contribution is 2.26. The van der Waals surface area contributed by atoms with Gasteiger partial charge in [0.15, 0.2) is 12.2 Å². The van der Waals surface area contributed by atoms with Crippen molar-refractivity contribution < 1.29 is 18.8 Å². The van der Waals surface area contributed by atoms with Crippen LogP contribution in [0.2, 0.25) is 0 Å². The molecule has 0 radical (unpaired) electrons. The summed E-state index contributed by atoms with van der Waals surface area (Å²) in [6.45, 7) is 3.90. The number of hydrogen-bond donors (Lipinski definition) is 0. The fourth-order valence-electron chi connectivity index (χ4n) is 3.79. The molecule has 0 aliphatic carbocycles. The number of carbonyl (C=O) groups excluding carboxylic acids is 1. The van der Waals surface area contributed by atoms with Crippen molar-refractivity contribution >= 4 is 5.78 Å². The van der Waals surface area contributed by atoms with Crippen molar-refractivity contribution in [1.82, 2.24) is 4.57 Å². The van der Waals surface area contributed by atoms with Gasteiger partial charge in [-0.2, -0.15) is 0 Å². The van der Waals surface area contributed by atoms with Crippen molar-refractivity contribution in [1.29, 1.82) is 0 Å². The smallest absolute Gasteiger partial charge is 0.257 e. The lowest BCUT2D eigenvalue weighted by Crippen LogP contribution is -2.40. The number of aromatic nitrogens is 2. The quantitative estimate of drug-likeness (QED) is 0.466. The number of carbonyl (C=O) groups is 1. The summed E-state index contributed by atoms with van der Waals surface area (Å²) in [6, 6.07) is 15.5. The van der Waals surface area contributed by atoms with Gasteiger partial charge in [0.05, 0.1) is 26.7 Å². The molecule has 1 aromatic heterocycles. The molecule has 0 saturated carbocycles. The third kappa shape index (κ3) is 3.52. The summed E-state index contributed by atoms with van der Waals surface area (Å²) in [6.07, 6.45) is 4.20. The number of rotatable bonds is 7. The summed E-state index contributed by atoms with van der Waals surface area (Å²) < 4.78 is 15.2. The molecule has 0 N–H and O–H groups in total. The zero-order valence-electron chi connectivity index (χ0n) is 16.4. The van der Waals surface area contributed by atoms with Crippen LogP contribution in [0.3, 0.4) is 0 Å². The monoisotopic (exact) mass is 377 g/mol. The van der Waals surface area contributed by atoms with Crippen LogP contribution < -0.4 is 14.0 Å². The van der Waals surface area contributed by atoms with E-state index in [4.69, 9.17) is 9.47 Å². The number of ketones is 1. The molecule has 5 nitrogen and oxygen atoms in total. The van der Waals surface area contributed by atoms with E-state index in [1.54, 1.807) is 7.11 Å². The van der Waals surface area contributed by atoms with Gasteiger partial charge >= 0.3 is 0 Å². The van der Waals surface area contributed by atoms with E-state index in [2.05, 4.69) is 27.5 Å². The summed E-state index contributed by atoms with van der Waals surface area (Å²) >= 11 is 0. The minimum atomic E-state index is 0.106. The van der Waals surface area contributed by atoms with E-state index in [-0.39, 0.29) is 5.78 Å². The SMILES string of the molecule is CCOc1ccc(C(=O)C[n+]2cc(-c3ccc(OC)cc3)n3c2CCC3)cc1. The summed E-state index contributed by atoms with van der Waals surface area (Å²) in [5.74, 6) is 2.95. The van der Waals surface area contributed by atoms with E-state index in [1.165, 1.54) is 5.82 Å². The molecule has 28 heavy (non-hydrogen) atoms. The number of hydrogen-bond acceptors (Lipinski definition) is 3. The highest BCUT2D eigenvalue weighted by atomic mass is 16.5. The van der Waals surface area contributed by atoms with Crippen LogP contribution in [-0.4, -0.2) is 24.1 Å². The van der Waals surface area contributed by atoms with Crippen molar-refractivity contribution in [2.45, 2.75) is 32.9 Å². The molecule has 0 unspecified atom stereocenters. The van der Waals surface area contributed by atoms with Crippen LogP contribution in [0.5, 0.6) is 11.5 Å². The second-order valence-electron chi connectivity index (χ2n) is 6.92. The van der Waals surface area contributed by atoms with Gasteiger partial charge in [-0.05, 0) is 61.9 Å². The predicted octanol–water partition coefficient (Wildman–Crippen LogP) is 3.68. The average molecular weight is 377 g/mol. The third-order valence-corrected chi connectivity index (χ3v) is 5.18. The molecule has 144 valence electrons. The lowest BCUT2D eigenvalue weighted by molar-refractivity contribution is -0.689. The molecule has 5 heteroatoms. The van der Waals surface area contributed by atoms with Crippen LogP contribution in [0, 0.1) is 0 Å². The minimum Gasteiger partial charge on any atom is -0.497 e. The number of nitrogens with zero attached hydrogens (tertiary/aromatic N) is 2. The van der Waals surface area contributed by atoms with Gasteiger partial charge in [-0.3, -0.25) is 4.79 Å². The number of benzene rings is 2. The minimum absolute atomic E-state index is 0.106. The summed E-state index contributed by atoms with van der Waals surface area (Å²) in [7, 11) is 1.67. The number of fused-ring (bicyclic) bond motifs is 1. The number of imidazole rings is 1. The Bertz CT molecular complexity index is 972. The maximum atomic E-state index is 12.8. The first-order chi connectivity index (χ1) is 13.7. The normalized spacial score (nSPS) is 12.6. The second kappa shape index (κ2) is 7.89. The molecule has 2 aromatic carbocycles. The molecular formula is C23H25N2O3+. The molecule has 0 saturated heterocycles. The highest BCUT2D eigenvalue weighted by molar-refractivity contribution is 5.95. The third-order valence-electron chi connectivity index (χ3n) is 5.18. The number of methoxy groups -OCH3 is 1. The Morgan fingerprint density at radius 1 is 1.07 bits per heavy atom. The lowest BCUT2D eigenvalue weighted by Gasteiger charge is -2.04. The van der Waals surface area contributed by atoms with Gasteiger partial charge in [0.25, 0.3) is 5.82 Å². The first-order valence-electron chi connectivity index (χ1n) is 9.72. The summed E-state index contributed by atoms with van der Waals surface area (Å²) in [5, 5.41) is 0. The molecule has 0 spiro atoms. The van der Waals surface area contributed by atoms with Crippen molar-refractivity contribution in [3.8, 4) is 22.8 Å². The maximum Gasteiger partial charge on any atom is 0.257 e. The fraction of sp³-hybridized carbons (Fsp3) is 0.304. The summed E-state index contributed by atoms with van der Waals surface area (Å²) in [4.78, 5) is 12.8. The van der Waals surface area contributed by atoms with Gasteiger partial charge < -0.3 is 9.47 Å². The van der Waals surface area contributed by atoms with E-state index in [9.17, 15) is 4.79 Å². The van der Waals surface area contributed by atoms with Crippen LogP contribution in [0.25, 0.3) is 11.3 Å². The second-order valence-corrected chi connectivity index (χ2v) is 6.92. The number of ether oxygens (including phenoxy) is 2. The van der Waals surface area contributed by atoms with E-state index in [1.807, 2.05) is 43.3 Å². The molecule has 0 amide bonds. The van der Waals surface area contributed by atoms with Crippen molar-refractivity contribution in [3.05, 3.63) is 66.1 Å². The van der Waals surface area contributed by atoms with Crippen LogP contribution in [0.15, 0.2) is 54.7 Å². The van der Waals surface area contributed by atoms with Gasteiger partial charge in [0.1, 0.15) is 17.7 Å². The molecule has 0 fully saturated rings. The van der Waals surface area contributed by atoms with Gasteiger partial charge in [-0.25, -0.2) is 9.13 Å². The fourth-order valence-corrected chi connectivity index (χ4v) is 3.79. The van der Waals surface area contributed by atoms with Gasteiger partial charge in [0.2, 0.25) is 5.78 Å². The largest absolute Gasteiger partial charge is 0.497 e. The first-order valence-corrected chi connectivity index (χ1v) is 9.72. The molecule has 1 aliphatic heterocycles. The Morgan fingerprint density at radius 3 is 2.46 bits per heavy atom. The summed E-state index contributed by atoms with van der Waals surface area (Å²) in [5.41, 5.74) is 2.99. The average Bonchev–Trinajstić information content (AvgIpc) is 3.33. The molecule has 3 aromatic rings. The Balaban J connectivity index is 1.59. The van der Waals surface area contributed by atoms with Crippen LogP contribution in [0.1, 0.15) is 29.5 Å². The molecule has 4 rings (SSSR count). The van der Waals surface area contributed by atoms with Gasteiger partial charge in [-0.15, -0.1) is 0 Å². The number of Topliss-reactive ketones (excluding diaryl/α,β-unsaturated/α-hetero) is 1. The lowest BCUT2D eigenvalue weighted by atomic mass is 10.1. The Morgan fingerprint density at radius 2 is 1.79 bits per heavy atom. The zero-order valence-corrected chi connectivity index (χ0v) is 16.4. The maximum absolute atomic E-state index is 12.8. The molecule has 0 bridgehead atoms. The topological polar surface area (TPSA) is 44.3 Å². The first kappa shape index (κ1) is 18.3. The van der Waals surface area contributed by atoms with Crippen LogP contribution in [-0.2, 0) is 19.5 Å². The van der Waals surface area contributed by atoms with Crippen molar-refractivity contribution in [2.24, 2.45) is 0 Å². The van der Waals surface area contributed by atoms with E-state index in [0.29, 0.717) is 18.7 Å². The Hall–Kier alpha value is -3.08. The van der Waals surface area contributed by atoms with Crippen LogP contribution in [0.4, 0.5) is 0 Å². The molecular weight excluding hydrogens is 352 g/mol.